The van der Waals surface area contributed by atoms with E-state index in [4.69, 9.17) is 9.38 Å². The summed E-state index contributed by atoms with van der Waals surface area (Å²) in [7, 11) is -2.83. The molecule has 1 aliphatic rings. The maximum atomic E-state index is 8.96. The summed E-state index contributed by atoms with van der Waals surface area (Å²) >= 11 is 0. The van der Waals surface area contributed by atoms with E-state index in [0.29, 0.717) is 17.5 Å². The lowest BCUT2D eigenvalue weighted by molar-refractivity contribution is 0.396. The summed E-state index contributed by atoms with van der Waals surface area (Å²) in [5, 5.41) is 8.96. The number of nitriles is 1. The molecular formula is C32H50N2OSi2. The molecule has 1 aromatic carbocycles. The van der Waals surface area contributed by atoms with Crippen molar-refractivity contribution in [2.45, 2.75) is 128 Å². The van der Waals surface area contributed by atoms with Gasteiger partial charge in [-0.3, -0.25) is 0 Å². The van der Waals surface area contributed by atoms with Crippen LogP contribution in [-0.2, 0) is 10.5 Å². The molecule has 0 unspecified atom stereocenters. The minimum absolute atomic E-state index is 0.511. The van der Waals surface area contributed by atoms with Gasteiger partial charge in [-0.25, -0.2) is 4.98 Å². The Balaban J connectivity index is 1.26. The molecule has 1 aliphatic carbocycles. The normalized spacial score (nSPS) is 18.5. The Bertz CT molecular complexity index is 966. The molecule has 202 valence electrons. The quantitative estimate of drug-likeness (QED) is 0.179. The summed E-state index contributed by atoms with van der Waals surface area (Å²) in [4.78, 5) is 4.27. The predicted octanol–water partition coefficient (Wildman–Crippen LogP) is 9.72. The molecule has 1 aromatic heterocycles. The highest BCUT2D eigenvalue weighted by molar-refractivity contribution is 6.84. The molecule has 0 bridgehead atoms. The molecule has 0 atom stereocenters. The lowest BCUT2D eigenvalue weighted by Crippen LogP contribution is -2.42. The average molecular weight is 535 g/mol. The summed E-state index contributed by atoms with van der Waals surface area (Å²) in [5.74, 6) is 1.28. The zero-order valence-electron chi connectivity index (χ0n) is 24.2. The number of nitrogens with zero attached hydrogens (tertiary/aromatic N) is 2. The van der Waals surface area contributed by atoms with E-state index in [-0.39, 0.29) is 0 Å². The largest absolute Gasteiger partial charge is 0.456 e. The summed E-state index contributed by atoms with van der Waals surface area (Å²) < 4.78 is 6.46. The number of aromatic nitrogens is 1. The van der Waals surface area contributed by atoms with Crippen molar-refractivity contribution in [3.8, 4) is 6.07 Å². The van der Waals surface area contributed by atoms with Gasteiger partial charge in [0.25, 0.3) is 0 Å². The number of benzene rings is 1. The first-order valence-corrected chi connectivity index (χ1v) is 21.3. The highest BCUT2D eigenvalue weighted by Crippen LogP contribution is 2.40. The third-order valence-electron chi connectivity index (χ3n) is 7.88. The third-order valence-corrected chi connectivity index (χ3v) is 14.1. The van der Waals surface area contributed by atoms with Crippen LogP contribution in [0.3, 0.4) is 0 Å². The Labute approximate surface area is 229 Å². The Morgan fingerprint density at radius 2 is 1.30 bits per heavy atom. The van der Waals surface area contributed by atoms with Crippen molar-refractivity contribution >= 4 is 16.6 Å². The van der Waals surface area contributed by atoms with E-state index in [0.717, 1.165) is 0 Å². The second-order valence-corrected chi connectivity index (χ2v) is 21.9. The van der Waals surface area contributed by atoms with Crippen LogP contribution in [0.4, 0.5) is 0 Å². The lowest BCUT2D eigenvalue weighted by Gasteiger charge is -2.31. The van der Waals surface area contributed by atoms with Crippen molar-refractivity contribution < 1.29 is 4.12 Å². The van der Waals surface area contributed by atoms with Crippen LogP contribution in [0.1, 0.15) is 105 Å². The smallest absolute Gasteiger partial charge is 0.173 e. The van der Waals surface area contributed by atoms with E-state index >= 15 is 0 Å². The Morgan fingerprint density at radius 1 is 0.757 bits per heavy atom. The maximum absolute atomic E-state index is 8.96. The first kappa shape index (κ1) is 29.8. The van der Waals surface area contributed by atoms with Crippen molar-refractivity contribution in [3.05, 3.63) is 65.0 Å². The zero-order valence-corrected chi connectivity index (χ0v) is 26.2. The highest BCUT2D eigenvalue weighted by atomic mass is 28.4. The predicted molar refractivity (Wildman–Crippen MR) is 162 cm³/mol. The third kappa shape index (κ3) is 10.9. The Kier molecular flexibility index (Phi) is 11.6. The SMILES string of the molecule is C[Si](C)(C)O[Si](C)(C)CCCCCCCCCc1ccc(C2CCC(c3ccc(C#N)nc3)CC2)cc1. The van der Waals surface area contributed by atoms with Crippen LogP contribution >= 0.6 is 0 Å². The van der Waals surface area contributed by atoms with Crippen molar-refractivity contribution in [1.82, 2.24) is 4.98 Å². The van der Waals surface area contributed by atoms with Gasteiger partial charge in [-0.1, -0.05) is 68.9 Å². The van der Waals surface area contributed by atoms with Crippen LogP contribution < -0.4 is 0 Å². The van der Waals surface area contributed by atoms with Crippen LogP contribution in [0.25, 0.3) is 0 Å². The number of hydrogen-bond donors (Lipinski definition) is 0. The Morgan fingerprint density at radius 3 is 1.84 bits per heavy atom. The molecule has 5 heteroatoms. The monoisotopic (exact) mass is 534 g/mol. The standard InChI is InChI=1S/C32H50N2OSi2/c1-36(2,3)35-37(4,5)24-12-10-8-6-7-9-11-13-27-14-16-28(17-15-27)29-18-20-30(21-19-29)31-22-23-32(25-33)34-26-31/h14-17,22-23,26,29-30H,6-13,18-21,24H2,1-5H3. The first-order chi connectivity index (χ1) is 17.6. The summed E-state index contributed by atoms with van der Waals surface area (Å²) in [5.41, 5.74) is 4.82. The fourth-order valence-electron chi connectivity index (χ4n) is 6.07. The van der Waals surface area contributed by atoms with E-state index in [9.17, 15) is 0 Å². The van der Waals surface area contributed by atoms with E-state index in [2.05, 4.69) is 74.1 Å². The molecule has 0 saturated heterocycles. The van der Waals surface area contributed by atoms with Crippen LogP contribution in [0.5, 0.6) is 0 Å². The fourth-order valence-corrected chi connectivity index (χ4v) is 14.2. The minimum Gasteiger partial charge on any atom is -0.456 e. The second-order valence-electron chi connectivity index (χ2n) is 12.8. The number of hydrogen-bond acceptors (Lipinski definition) is 3. The average Bonchev–Trinajstić information content (AvgIpc) is 2.87. The van der Waals surface area contributed by atoms with Gasteiger partial charge in [0.1, 0.15) is 11.8 Å². The van der Waals surface area contributed by atoms with Crippen molar-refractivity contribution in [2.24, 2.45) is 0 Å². The molecular weight excluding hydrogens is 485 g/mol. The number of rotatable bonds is 14. The molecule has 3 nitrogen and oxygen atoms in total. The summed E-state index contributed by atoms with van der Waals surface area (Å²) in [6.07, 6.45) is 17.6. The molecule has 0 N–H and O–H groups in total. The summed E-state index contributed by atoms with van der Waals surface area (Å²) in [6.45, 7) is 11.8. The molecule has 2 aromatic rings. The number of pyridine rings is 1. The molecule has 0 spiro atoms. The fraction of sp³-hybridized carbons (Fsp3) is 0.625. The van der Waals surface area contributed by atoms with Gasteiger partial charge < -0.3 is 4.12 Å². The van der Waals surface area contributed by atoms with E-state index < -0.39 is 16.6 Å². The topological polar surface area (TPSA) is 45.9 Å². The molecule has 37 heavy (non-hydrogen) atoms. The molecule has 3 rings (SSSR count). The van der Waals surface area contributed by atoms with Crippen LogP contribution in [-0.4, -0.2) is 21.6 Å². The van der Waals surface area contributed by atoms with Gasteiger partial charge in [0.15, 0.2) is 16.6 Å². The first-order valence-electron chi connectivity index (χ1n) is 14.8. The minimum atomic E-state index is -1.44. The van der Waals surface area contributed by atoms with E-state index in [1.165, 1.54) is 99.8 Å². The highest BCUT2D eigenvalue weighted by Gasteiger charge is 2.28. The van der Waals surface area contributed by atoms with Crippen molar-refractivity contribution in [2.75, 3.05) is 0 Å². The van der Waals surface area contributed by atoms with Gasteiger partial charge in [0.2, 0.25) is 0 Å². The number of unbranched alkanes of at least 4 members (excludes halogenated alkanes) is 6. The van der Waals surface area contributed by atoms with Crippen LogP contribution in [0, 0.1) is 11.3 Å². The maximum Gasteiger partial charge on any atom is 0.173 e. The Hall–Kier alpha value is -1.75. The number of aryl methyl sites for hydroxylation is 1. The molecule has 0 aliphatic heterocycles. The molecule has 1 heterocycles. The van der Waals surface area contributed by atoms with Gasteiger partial charge in [0.05, 0.1) is 0 Å². The van der Waals surface area contributed by atoms with Gasteiger partial charge in [0, 0.05) is 6.20 Å². The van der Waals surface area contributed by atoms with E-state index in [1.807, 2.05) is 12.3 Å². The molecule has 1 saturated carbocycles. The van der Waals surface area contributed by atoms with Crippen molar-refractivity contribution in [3.63, 3.8) is 0 Å². The van der Waals surface area contributed by atoms with Crippen molar-refractivity contribution in [1.29, 1.82) is 5.26 Å². The molecule has 0 radical (unpaired) electrons. The van der Waals surface area contributed by atoms with Crippen LogP contribution in [0.2, 0.25) is 38.8 Å². The summed E-state index contributed by atoms with van der Waals surface area (Å²) in [6, 6.07) is 16.9. The van der Waals surface area contributed by atoms with Gasteiger partial charge in [-0.05, 0) is 112 Å². The lowest BCUT2D eigenvalue weighted by atomic mass is 9.76. The van der Waals surface area contributed by atoms with Gasteiger partial charge >= 0.3 is 0 Å². The zero-order chi connectivity index (χ0) is 26.7. The molecule has 1 fully saturated rings. The van der Waals surface area contributed by atoms with Gasteiger partial charge in [-0.2, -0.15) is 5.26 Å². The van der Waals surface area contributed by atoms with E-state index in [1.54, 1.807) is 0 Å². The molecule has 0 amide bonds. The van der Waals surface area contributed by atoms with Crippen LogP contribution in [0.15, 0.2) is 42.6 Å². The second kappa shape index (κ2) is 14.4. The van der Waals surface area contributed by atoms with Gasteiger partial charge in [-0.15, -0.1) is 0 Å².